The number of rotatable bonds is 1. The molecule has 0 radical (unpaired) electrons. The molecule has 0 aromatic carbocycles. The lowest BCUT2D eigenvalue weighted by atomic mass is 9.85. The molecule has 92 valence electrons. The van der Waals surface area contributed by atoms with E-state index in [9.17, 15) is 0 Å². The third-order valence-electron chi connectivity index (χ3n) is 4.34. The first-order valence-corrected chi connectivity index (χ1v) is 7.44. The number of fused-ring (bicyclic) bond motifs is 1. The lowest BCUT2D eigenvalue weighted by molar-refractivity contribution is 0.341. The minimum atomic E-state index is 0.761. The van der Waals surface area contributed by atoms with Crippen LogP contribution in [0.5, 0.6) is 0 Å². The van der Waals surface area contributed by atoms with Crippen LogP contribution in [0.2, 0.25) is 0 Å². The summed E-state index contributed by atoms with van der Waals surface area (Å²) in [5.74, 6) is 2.11. The molecule has 2 atom stereocenters. The minimum absolute atomic E-state index is 0.761. The lowest BCUT2D eigenvalue weighted by Crippen LogP contribution is -2.35. The molecule has 3 heteroatoms. The Labute approximate surface area is 112 Å². The van der Waals surface area contributed by atoms with Crippen LogP contribution in [0.1, 0.15) is 37.7 Å². The molecule has 1 saturated carbocycles. The third kappa shape index (κ3) is 2.10. The predicted molar refractivity (Wildman–Crippen MR) is 74.4 cm³/mol. The van der Waals surface area contributed by atoms with Crippen molar-refractivity contribution in [1.29, 1.82) is 0 Å². The minimum Gasteiger partial charge on any atom is -0.353 e. The monoisotopic (exact) mass is 294 g/mol. The van der Waals surface area contributed by atoms with E-state index in [0.717, 1.165) is 16.4 Å². The summed E-state index contributed by atoms with van der Waals surface area (Å²) in [7, 11) is 0. The SMILES string of the molecule is Cc1cc(N2CCC3CCCCC32)ncc1Br. The van der Waals surface area contributed by atoms with Crippen LogP contribution in [0.15, 0.2) is 16.7 Å². The maximum atomic E-state index is 4.59. The van der Waals surface area contributed by atoms with Crippen molar-refractivity contribution in [2.45, 2.75) is 45.1 Å². The molecule has 1 aliphatic heterocycles. The molecule has 0 spiro atoms. The molecule has 0 N–H and O–H groups in total. The molecule has 2 unspecified atom stereocenters. The van der Waals surface area contributed by atoms with Crippen LogP contribution >= 0.6 is 15.9 Å². The highest BCUT2D eigenvalue weighted by molar-refractivity contribution is 9.10. The topological polar surface area (TPSA) is 16.1 Å². The van der Waals surface area contributed by atoms with Gasteiger partial charge >= 0.3 is 0 Å². The van der Waals surface area contributed by atoms with Crippen molar-refractivity contribution in [2.75, 3.05) is 11.4 Å². The summed E-state index contributed by atoms with van der Waals surface area (Å²) < 4.78 is 1.11. The number of nitrogens with zero attached hydrogens (tertiary/aromatic N) is 2. The van der Waals surface area contributed by atoms with Crippen LogP contribution in [-0.2, 0) is 0 Å². The summed E-state index contributed by atoms with van der Waals surface area (Å²) in [6.45, 7) is 3.34. The summed E-state index contributed by atoms with van der Waals surface area (Å²) in [5.41, 5.74) is 1.29. The van der Waals surface area contributed by atoms with Crippen molar-refractivity contribution in [1.82, 2.24) is 4.98 Å². The Kier molecular flexibility index (Phi) is 3.12. The second-order valence-corrected chi connectivity index (χ2v) is 6.24. The van der Waals surface area contributed by atoms with E-state index in [2.05, 4.69) is 38.8 Å². The number of pyridine rings is 1. The summed E-state index contributed by atoms with van der Waals surface area (Å²) in [4.78, 5) is 7.14. The number of aryl methyl sites for hydroxylation is 1. The van der Waals surface area contributed by atoms with Crippen molar-refractivity contribution in [2.24, 2.45) is 5.92 Å². The molecular weight excluding hydrogens is 276 g/mol. The Bertz CT molecular complexity index is 419. The highest BCUT2D eigenvalue weighted by Gasteiger charge is 2.36. The van der Waals surface area contributed by atoms with Crippen LogP contribution in [0.4, 0.5) is 5.82 Å². The summed E-state index contributed by atoms with van der Waals surface area (Å²) in [5, 5.41) is 0. The van der Waals surface area contributed by atoms with Crippen LogP contribution < -0.4 is 4.90 Å². The number of aromatic nitrogens is 1. The Morgan fingerprint density at radius 3 is 2.94 bits per heavy atom. The van der Waals surface area contributed by atoms with Crippen LogP contribution in [-0.4, -0.2) is 17.6 Å². The molecule has 17 heavy (non-hydrogen) atoms. The van der Waals surface area contributed by atoms with Gasteiger partial charge in [0.15, 0.2) is 0 Å². The maximum Gasteiger partial charge on any atom is 0.129 e. The predicted octanol–water partition coefficient (Wildman–Crippen LogP) is 3.92. The zero-order valence-electron chi connectivity index (χ0n) is 10.3. The zero-order valence-corrected chi connectivity index (χ0v) is 11.9. The Morgan fingerprint density at radius 1 is 1.29 bits per heavy atom. The normalized spacial score (nSPS) is 28.2. The number of anilines is 1. The smallest absolute Gasteiger partial charge is 0.129 e. The average Bonchev–Trinajstić information content (AvgIpc) is 2.76. The largest absolute Gasteiger partial charge is 0.353 e. The zero-order chi connectivity index (χ0) is 11.8. The highest BCUT2D eigenvalue weighted by Crippen LogP contribution is 2.38. The van der Waals surface area contributed by atoms with Crippen molar-refractivity contribution >= 4 is 21.7 Å². The summed E-state index contributed by atoms with van der Waals surface area (Å²) >= 11 is 3.53. The second kappa shape index (κ2) is 4.60. The van der Waals surface area contributed by atoms with Gasteiger partial charge in [0.05, 0.1) is 0 Å². The fraction of sp³-hybridized carbons (Fsp3) is 0.643. The average molecular weight is 295 g/mol. The van der Waals surface area contributed by atoms with Gasteiger partial charge < -0.3 is 4.90 Å². The van der Waals surface area contributed by atoms with Gasteiger partial charge in [-0.15, -0.1) is 0 Å². The number of hydrogen-bond acceptors (Lipinski definition) is 2. The first-order valence-electron chi connectivity index (χ1n) is 6.64. The molecule has 1 aromatic heterocycles. The van der Waals surface area contributed by atoms with Crippen molar-refractivity contribution in [3.05, 3.63) is 22.3 Å². The first-order chi connectivity index (χ1) is 8.25. The molecule has 1 aliphatic carbocycles. The summed E-state index contributed by atoms with van der Waals surface area (Å²) in [6, 6.07) is 2.98. The first kappa shape index (κ1) is 11.5. The van der Waals surface area contributed by atoms with E-state index in [0.29, 0.717) is 0 Å². The van der Waals surface area contributed by atoms with Crippen LogP contribution in [0.25, 0.3) is 0 Å². The molecule has 3 rings (SSSR count). The van der Waals surface area contributed by atoms with E-state index in [1.807, 2.05) is 6.20 Å². The van der Waals surface area contributed by atoms with Crippen molar-refractivity contribution in [3.63, 3.8) is 0 Å². The van der Waals surface area contributed by atoms with E-state index in [1.165, 1.54) is 50.0 Å². The Balaban J connectivity index is 1.86. The van der Waals surface area contributed by atoms with E-state index in [1.54, 1.807) is 0 Å². The molecule has 1 aromatic rings. The van der Waals surface area contributed by atoms with Gasteiger partial charge in [-0.2, -0.15) is 0 Å². The molecule has 2 nitrogen and oxygen atoms in total. The quantitative estimate of drug-likeness (QED) is 0.780. The maximum absolute atomic E-state index is 4.59. The molecular formula is C14H19BrN2. The molecule has 2 heterocycles. The van der Waals surface area contributed by atoms with Crippen molar-refractivity contribution < 1.29 is 0 Å². The standard InChI is InChI=1S/C14H19BrN2/c1-10-8-14(16-9-12(10)15)17-7-6-11-4-2-3-5-13(11)17/h8-9,11,13H,2-7H2,1H3. The van der Waals surface area contributed by atoms with Crippen molar-refractivity contribution in [3.8, 4) is 0 Å². The van der Waals surface area contributed by atoms with Gasteiger partial charge in [-0.1, -0.05) is 12.8 Å². The van der Waals surface area contributed by atoms with Gasteiger partial charge in [0.1, 0.15) is 5.82 Å². The van der Waals surface area contributed by atoms with Gasteiger partial charge in [0.25, 0.3) is 0 Å². The van der Waals surface area contributed by atoms with Gasteiger partial charge in [-0.3, -0.25) is 0 Å². The van der Waals surface area contributed by atoms with E-state index in [4.69, 9.17) is 0 Å². The van der Waals surface area contributed by atoms with E-state index < -0.39 is 0 Å². The molecule has 1 saturated heterocycles. The van der Waals surface area contributed by atoms with Gasteiger partial charge in [-0.05, 0) is 59.7 Å². The lowest BCUT2D eigenvalue weighted by Gasteiger charge is -2.32. The second-order valence-electron chi connectivity index (χ2n) is 5.39. The summed E-state index contributed by atoms with van der Waals surface area (Å²) in [6.07, 6.45) is 8.93. The van der Waals surface area contributed by atoms with Crippen LogP contribution in [0.3, 0.4) is 0 Å². The van der Waals surface area contributed by atoms with Gasteiger partial charge in [0.2, 0.25) is 0 Å². The van der Waals surface area contributed by atoms with E-state index in [-0.39, 0.29) is 0 Å². The van der Waals surface area contributed by atoms with Gasteiger partial charge in [0, 0.05) is 23.3 Å². The molecule has 2 fully saturated rings. The number of halogens is 1. The Hall–Kier alpha value is -0.570. The number of hydrogen-bond donors (Lipinski definition) is 0. The molecule has 0 bridgehead atoms. The fourth-order valence-electron chi connectivity index (χ4n) is 3.37. The third-order valence-corrected chi connectivity index (χ3v) is 5.17. The Morgan fingerprint density at radius 2 is 2.12 bits per heavy atom. The molecule has 2 aliphatic rings. The van der Waals surface area contributed by atoms with Crippen LogP contribution in [0, 0.1) is 12.8 Å². The molecule has 0 amide bonds. The van der Waals surface area contributed by atoms with Gasteiger partial charge in [-0.25, -0.2) is 4.98 Å². The van der Waals surface area contributed by atoms with E-state index >= 15 is 0 Å². The highest BCUT2D eigenvalue weighted by atomic mass is 79.9. The fourth-order valence-corrected chi connectivity index (χ4v) is 3.59.